The van der Waals surface area contributed by atoms with Gasteiger partial charge in [-0.3, -0.25) is 0 Å². The van der Waals surface area contributed by atoms with Crippen LogP contribution < -0.4 is 5.73 Å². The fourth-order valence-corrected chi connectivity index (χ4v) is 1.79. The summed E-state index contributed by atoms with van der Waals surface area (Å²) in [4.78, 5) is 0. The molecule has 0 fully saturated rings. The minimum absolute atomic E-state index is 0.294. The molecule has 0 radical (unpaired) electrons. The van der Waals surface area contributed by atoms with Crippen molar-refractivity contribution < 1.29 is 5.11 Å². The molecule has 1 atom stereocenters. The van der Waals surface area contributed by atoms with Crippen molar-refractivity contribution in [3.63, 3.8) is 0 Å². The van der Waals surface area contributed by atoms with Crippen LogP contribution in [0.15, 0.2) is 18.2 Å². The maximum Gasteiger partial charge on any atom is 0.0793 e. The van der Waals surface area contributed by atoms with Crippen molar-refractivity contribution >= 4 is 5.69 Å². The fourth-order valence-electron chi connectivity index (χ4n) is 1.79. The number of hydrogen-bond donors (Lipinski definition) is 2. The van der Waals surface area contributed by atoms with Crippen LogP contribution in [0.2, 0.25) is 0 Å². The lowest BCUT2D eigenvalue weighted by atomic mass is 9.89. The molecule has 0 unspecified atom stereocenters. The summed E-state index contributed by atoms with van der Waals surface area (Å²) in [5.74, 6) is 0. The third-order valence-electron chi connectivity index (χ3n) is 2.45. The molecule has 1 aliphatic rings. The van der Waals surface area contributed by atoms with Gasteiger partial charge in [-0.1, -0.05) is 6.07 Å². The Morgan fingerprint density at radius 1 is 1.42 bits per heavy atom. The SMILES string of the molecule is Nc1ccc2c(c1)[C@@H](O)CCC2. The summed E-state index contributed by atoms with van der Waals surface area (Å²) in [6.45, 7) is 0. The second-order valence-electron chi connectivity index (χ2n) is 3.37. The largest absolute Gasteiger partial charge is 0.399 e. The summed E-state index contributed by atoms with van der Waals surface area (Å²) >= 11 is 0. The standard InChI is InChI=1S/C10H13NO/c11-8-5-4-7-2-1-3-10(12)9(7)6-8/h4-6,10,12H,1-3,11H2/t10-/m0/s1. The molecule has 1 aromatic rings. The molecule has 0 spiro atoms. The van der Waals surface area contributed by atoms with E-state index in [-0.39, 0.29) is 6.10 Å². The first kappa shape index (κ1) is 7.62. The monoisotopic (exact) mass is 163 g/mol. The first-order valence-electron chi connectivity index (χ1n) is 4.34. The molecule has 3 N–H and O–H groups in total. The number of fused-ring (bicyclic) bond motifs is 1. The first-order chi connectivity index (χ1) is 5.77. The molecule has 2 rings (SSSR count). The molecule has 2 heteroatoms. The van der Waals surface area contributed by atoms with Crippen LogP contribution >= 0.6 is 0 Å². The van der Waals surface area contributed by atoms with E-state index >= 15 is 0 Å². The lowest BCUT2D eigenvalue weighted by Crippen LogP contribution is -2.09. The van der Waals surface area contributed by atoms with Crippen LogP contribution in [-0.4, -0.2) is 5.11 Å². The van der Waals surface area contributed by atoms with Crippen LogP contribution in [0.1, 0.15) is 30.1 Å². The van der Waals surface area contributed by atoms with E-state index in [0.29, 0.717) is 0 Å². The Balaban J connectivity index is 2.47. The van der Waals surface area contributed by atoms with E-state index in [2.05, 4.69) is 0 Å². The molecular formula is C10H13NO. The van der Waals surface area contributed by atoms with Crippen molar-refractivity contribution in [2.45, 2.75) is 25.4 Å². The van der Waals surface area contributed by atoms with Crippen LogP contribution in [0.3, 0.4) is 0 Å². The topological polar surface area (TPSA) is 46.2 Å². The predicted molar refractivity (Wildman–Crippen MR) is 48.8 cm³/mol. The zero-order valence-corrected chi connectivity index (χ0v) is 6.96. The number of benzene rings is 1. The molecule has 0 saturated carbocycles. The number of aliphatic hydroxyl groups excluding tert-OH is 1. The van der Waals surface area contributed by atoms with Gasteiger partial charge in [0.1, 0.15) is 0 Å². The van der Waals surface area contributed by atoms with Gasteiger partial charge in [-0.2, -0.15) is 0 Å². The molecular weight excluding hydrogens is 150 g/mol. The molecule has 0 saturated heterocycles. The van der Waals surface area contributed by atoms with Crippen molar-refractivity contribution in [3.05, 3.63) is 29.3 Å². The van der Waals surface area contributed by atoms with Gasteiger partial charge >= 0.3 is 0 Å². The molecule has 1 aromatic carbocycles. The summed E-state index contributed by atoms with van der Waals surface area (Å²) in [6.07, 6.45) is 2.73. The van der Waals surface area contributed by atoms with Crippen molar-refractivity contribution in [1.29, 1.82) is 0 Å². The average Bonchev–Trinajstić information content (AvgIpc) is 2.07. The second-order valence-corrected chi connectivity index (χ2v) is 3.37. The van der Waals surface area contributed by atoms with Crippen molar-refractivity contribution in [1.82, 2.24) is 0 Å². The van der Waals surface area contributed by atoms with Crippen LogP contribution in [0.5, 0.6) is 0 Å². The Labute approximate surface area is 72.0 Å². The summed E-state index contributed by atoms with van der Waals surface area (Å²) in [5.41, 5.74) is 8.66. The predicted octanol–water partition coefficient (Wildman–Crippen LogP) is 1.64. The van der Waals surface area contributed by atoms with Crippen LogP contribution in [-0.2, 0) is 6.42 Å². The third-order valence-corrected chi connectivity index (χ3v) is 2.45. The Morgan fingerprint density at radius 3 is 3.08 bits per heavy atom. The summed E-state index contributed by atoms with van der Waals surface area (Å²) in [6, 6.07) is 5.81. The number of anilines is 1. The van der Waals surface area contributed by atoms with Crippen LogP contribution in [0, 0.1) is 0 Å². The zero-order valence-electron chi connectivity index (χ0n) is 6.96. The van der Waals surface area contributed by atoms with Gasteiger partial charge < -0.3 is 10.8 Å². The molecule has 0 aliphatic heterocycles. The molecule has 64 valence electrons. The molecule has 0 heterocycles. The van der Waals surface area contributed by atoms with E-state index in [1.54, 1.807) is 0 Å². The van der Waals surface area contributed by atoms with Gasteiger partial charge in [0, 0.05) is 5.69 Å². The number of nitrogen functional groups attached to an aromatic ring is 1. The molecule has 2 nitrogen and oxygen atoms in total. The normalized spacial score (nSPS) is 21.9. The quantitative estimate of drug-likeness (QED) is 0.571. The first-order valence-corrected chi connectivity index (χ1v) is 4.34. The molecule has 1 aliphatic carbocycles. The Bertz CT molecular complexity index is 296. The Hall–Kier alpha value is -1.02. The van der Waals surface area contributed by atoms with Gasteiger partial charge in [0.25, 0.3) is 0 Å². The van der Waals surface area contributed by atoms with E-state index < -0.39 is 0 Å². The van der Waals surface area contributed by atoms with E-state index in [1.165, 1.54) is 5.56 Å². The van der Waals surface area contributed by atoms with Crippen molar-refractivity contribution in [2.75, 3.05) is 5.73 Å². The highest BCUT2D eigenvalue weighted by Crippen LogP contribution is 2.30. The molecule has 0 amide bonds. The highest BCUT2D eigenvalue weighted by atomic mass is 16.3. The Kier molecular flexibility index (Phi) is 1.77. The fraction of sp³-hybridized carbons (Fsp3) is 0.400. The highest BCUT2D eigenvalue weighted by Gasteiger charge is 2.17. The average molecular weight is 163 g/mol. The second kappa shape index (κ2) is 2.79. The number of rotatable bonds is 0. The maximum atomic E-state index is 9.63. The lowest BCUT2D eigenvalue weighted by molar-refractivity contribution is 0.156. The van der Waals surface area contributed by atoms with Crippen LogP contribution in [0.4, 0.5) is 5.69 Å². The minimum Gasteiger partial charge on any atom is -0.399 e. The smallest absolute Gasteiger partial charge is 0.0793 e. The summed E-state index contributed by atoms with van der Waals surface area (Å²) in [5, 5.41) is 9.63. The minimum atomic E-state index is -0.294. The highest BCUT2D eigenvalue weighted by molar-refractivity contribution is 5.46. The van der Waals surface area contributed by atoms with Crippen LogP contribution in [0.25, 0.3) is 0 Å². The maximum absolute atomic E-state index is 9.63. The van der Waals surface area contributed by atoms with Gasteiger partial charge in [-0.25, -0.2) is 0 Å². The number of nitrogens with two attached hydrogens (primary N) is 1. The van der Waals surface area contributed by atoms with Crippen molar-refractivity contribution in [3.8, 4) is 0 Å². The number of aryl methyl sites for hydroxylation is 1. The summed E-state index contributed by atoms with van der Waals surface area (Å²) < 4.78 is 0. The van der Waals surface area contributed by atoms with E-state index in [9.17, 15) is 5.11 Å². The molecule has 12 heavy (non-hydrogen) atoms. The number of hydrogen-bond acceptors (Lipinski definition) is 2. The van der Waals surface area contributed by atoms with Gasteiger partial charge in [0.2, 0.25) is 0 Å². The zero-order chi connectivity index (χ0) is 8.55. The molecule has 0 bridgehead atoms. The van der Waals surface area contributed by atoms with E-state index in [4.69, 9.17) is 5.73 Å². The van der Waals surface area contributed by atoms with Gasteiger partial charge in [0.15, 0.2) is 0 Å². The van der Waals surface area contributed by atoms with Gasteiger partial charge in [-0.05, 0) is 42.5 Å². The lowest BCUT2D eigenvalue weighted by Gasteiger charge is -2.21. The number of aliphatic hydroxyl groups is 1. The van der Waals surface area contributed by atoms with Crippen molar-refractivity contribution in [2.24, 2.45) is 0 Å². The van der Waals surface area contributed by atoms with E-state index in [0.717, 1.165) is 30.5 Å². The van der Waals surface area contributed by atoms with E-state index in [1.807, 2.05) is 18.2 Å². The summed E-state index contributed by atoms with van der Waals surface area (Å²) in [7, 11) is 0. The Morgan fingerprint density at radius 2 is 2.25 bits per heavy atom. The van der Waals surface area contributed by atoms with Gasteiger partial charge in [-0.15, -0.1) is 0 Å². The third kappa shape index (κ3) is 1.18. The van der Waals surface area contributed by atoms with Gasteiger partial charge in [0.05, 0.1) is 6.10 Å². The molecule has 0 aromatic heterocycles.